The molecule has 0 unspecified atom stereocenters. The molecule has 0 atom stereocenters. The first-order chi connectivity index (χ1) is 11.7. The number of carbonyl (C=O) groups excluding carboxylic acids is 1. The number of benzene rings is 2. The molecule has 0 saturated heterocycles. The summed E-state index contributed by atoms with van der Waals surface area (Å²) in [6, 6.07) is 15.0. The van der Waals surface area contributed by atoms with Gasteiger partial charge < -0.3 is 20.1 Å². The molecule has 0 aliphatic carbocycles. The van der Waals surface area contributed by atoms with Crippen molar-refractivity contribution in [2.75, 3.05) is 25.1 Å². The molecule has 0 radical (unpaired) electrons. The highest BCUT2D eigenvalue weighted by atomic mass is 35.5. The van der Waals surface area contributed by atoms with Crippen molar-refractivity contribution in [2.45, 2.75) is 20.4 Å². The molecule has 0 fully saturated rings. The zero-order chi connectivity index (χ0) is 17.2. The van der Waals surface area contributed by atoms with Gasteiger partial charge in [0.2, 0.25) is 0 Å². The summed E-state index contributed by atoms with van der Waals surface area (Å²) in [5, 5.41) is 6.15. The third-order valence-electron chi connectivity index (χ3n) is 3.36. The van der Waals surface area contributed by atoms with Gasteiger partial charge in [0.15, 0.2) is 6.61 Å². The van der Waals surface area contributed by atoms with Crippen LogP contribution in [0.5, 0.6) is 11.5 Å². The molecule has 0 saturated carbocycles. The van der Waals surface area contributed by atoms with E-state index in [0.29, 0.717) is 18.9 Å². The number of halogens is 1. The van der Waals surface area contributed by atoms with Crippen molar-refractivity contribution in [2.24, 2.45) is 0 Å². The van der Waals surface area contributed by atoms with Gasteiger partial charge in [-0.05, 0) is 49.4 Å². The lowest BCUT2D eigenvalue weighted by Crippen LogP contribution is -2.22. The van der Waals surface area contributed by atoms with Gasteiger partial charge in [-0.3, -0.25) is 4.79 Å². The maximum Gasteiger partial charge on any atom is 0.262 e. The average Bonchev–Trinajstić information content (AvgIpc) is 2.61. The first-order valence-electron chi connectivity index (χ1n) is 8.17. The molecule has 25 heavy (non-hydrogen) atoms. The summed E-state index contributed by atoms with van der Waals surface area (Å²) >= 11 is 0. The molecule has 0 bridgehead atoms. The van der Waals surface area contributed by atoms with Crippen molar-refractivity contribution in [3.05, 3.63) is 54.1 Å². The van der Waals surface area contributed by atoms with E-state index < -0.39 is 0 Å². The Balaban J connectivity index is 0.00000312. The van der Waals surface area contributed by atoms with Crippen LogP contribution in [-0.2, 0) is 11.3 Å². The second-order valence-corrected chi connectivity index (χ2v) is 5.18. The lowest BCUT2D eigenvalue weighted by Gasteiger charge is -2.12. The summed E-state index contributed by atoms with van der Waals surface area (Å²) in [6.07, 6.45) is 0. The van der Waals surface area contributed by atoms with Crippen LogP contribution < -0.4 is 20.1 Å². The zero-order valence-corrected chi connectivity index (χ0v) is 15.4. The first-order valence-corrected chi connectivity index (χ1v) is 8.17. The normalized spacial score (nSPS) is 9.84. The predicted octanol–water partition coefficient (Wildman–Crippen LogP) is 3.63. The Morgan fingerprint density at radius 2 is 1.60 bits per heavy atom. The molecule has 2 aromatic carbocycles. The predicted molar refractivity (Wildman–Crippen MR) is 103 cm³/mol. The quantitative estimate of drug-likeness (QED) is 0.713. The molecule has 0 aromatic heterocycles. The number of rotatable bonds is 9. The third kappa shape index (κ3) is 7.03. The smallest absolute Gasteiger partial charge is 0.262 e. The van der Waals surface area contributed by atoms with Gasteiger partial charge in [0.1, 0.15) is 11.5 Å². The Morgan fingerprint density at radius 3 is 2.24 bits per heavy atom. The Kier molecular flexibility index (Phi) is 9.43. The van der Waals surface area contributed by atoms with Gasteiger partial charge in [0.25, 0.3) is 5.91 Å². The fraction of sp³-hybridized carbons (Fsp3) is 0.316. The van der Waals surface area contributed by atoms with E-state index in [2.05, 4.69) is 10.6 Å². The summed E-state index contributed by atoms with van der Waals surface area (Å²) in [6.45, 7) is 6.16. The van der Waals surface area contributed by atoms with Crippen molar-refractivity contribution in [1.29, 1.82) is 0 Å². The molecule has 6 heteroatoms. The highest BCUT2D eigenvalue weighted by molar-refractivity contribution is 5.92. The number of anilines is 1. The molecular weight excluding hydrogens is 340 g/mol. The Bertz CT molecular complexity index is 647. The second kappa shape index (κ2) is 11.3. The summed E-state index contributed by atoms with van der Waals surface area (Å²) in [5.41, 5.74) is 1.85. The number of carbonyl (C=O) groups is 1. The zero-order valence-electron chi connectivity index (χ0n) is 14.6. The van der Waals surface area contributed by atoms with E-state index >= 15 is 0 Å². The number of hydrogen-bond acceptors (Lipinski definition) is 4. The van der Waals surface area contributed by atoms with Crippen LogP contribution in [0.1, 0.15) is 19.4 Å². The molecular formula is C19H25ClN2O3. The lowest BCUT2D eigenvalue weighted by atomic mass is 10.1. The number of nitrogens with one attached hydrogen (secondary N) is 2. The highest BCUT2D eigenvalue weighted by Gasteiger charge is 2.07. The van der Waals surface area contributed by atoms with Crippen molar-refractivity contribution in [3.8, 4) is 11.5 Å². The number of amides is 1. The Hall–Kier alpha value is -2.24. The first kappa shape index (κ1) is 20.8. The van der Waals surface area contributed by atoms with Gasteiger partial charge in [0, 0.05) is 12.2 Å². The highest BCUT2D eigenvalue weighted by Crippen LogP contribution is 2.18. The van der Waals surface area contributed by atoms with Gasteiger partial charge in [-0.2, -0.15) is 0 Å². The minimum atomic E-state index is -0.187. The van der Waals surface area contributed by atoms with Gasteiger partial charge >= 0.3 is 0 Å². The number of hydrogen-bond donors (Lipinski definition) is 2. The topological polar surface area (TPSA) is 59.6 Å². The average molecular weight is 365 g/mol. The molecule has 136 valence electrons. The molecule has 2 rings (SSSR count). The van der Waals surface area contributed by atoms with E-state index in [0.717, 1.165) is 23.5 Å². The molecule has 2 aromatic rings. The van der Waals surface area contributed by atoms with Crippen molar-refractivity contribution >= 4 is 24.0 Å². The third-order valence-corrected chi connectivity index (χ3v) is 3.36. The van der Waals surface area contributed by atoms with Crippen LogP contribution in [0.15, 0.2) is 48.5 Å². The van der Waals surface area contributed by atoms with Crippen LogP contribution in [0.3, 0.4) is 0 Å². The van der Waals surface area contributed by atoms with Crippen LogP contribution >= 0.6 is 12.4 Å². The fourth-order valence-electron chi connectivity index (χ4n) is 2.19. The van der Waals surface area contributed by atoms with E-state index in [-0.39, 0.29) is 24.9 Å². The maximum atomic E-state index is 12.1. The van der Waals surface area contributed by atoms with Gasteiger partial charge in [0.05, 0.1) is 6.61 Å². The van der Waals surface area contributed by atoms with Gasteiger partial charge in [-0.1, -0.05) is 25.1 Å². The Morgan fingerprint density at radius 1 is 0.960 bits per heavy atom. The monoisotopic (exact) mass is 364 g/mol. The number of ether oxygens (including phenoxy) is 2. The minimum Gasteiger partial charge on any atom is -0.494 e. The maximum absolute atomic E-state index is 12.1. The van der Waals surface area contributed by atoms with Crippen LogP contribution in [0.25, 0.3) is 0 Å². The molecule has 0 aliphatic rings. The van der Waals surface area contributed by atoms with Crippen molar-refractivity contribution in [1.82, 2.24) is 5.32 Å². The van der Waals surface area contributed by atoms with Crippen molar-refractivity contribution < 1.29 is 14.3 Å². The van der Waals surface area contributed by atoms with E-state index in [1.165, 1.54) is 0 Å². The second-order valence-electron chi connectivity index (χ2n) is 5.18. The summed E-state index contributed by atoms with van der Waals surface area (Å²) in [7, 11) is 0. The molecule has 2 N–H and O–H groups in total. The van der Waals surface area contributed by atoms with Crippen LogP contribution in [0.4, 0.5) is 5.69 Å². The van der Waals surface area contributed by atoms with E-state index in [1.54, 1.807) is 12.1 Å². The summed E-state index contributed by atoms with van der Waals surface area (Å²) in [4.78, 5) is 12.1. The Labute approximate surface area is 155 Å². The molecule has 0 spiro atoms. The van der Waals surface area contributed by atoms with Crippen LogP contribution in [0.2, 0.25) is 0 Å². The minimum absolute atomic E-state index is 0. The van der Waals surface area contributed by atoms with Crippen LogP contribution in [0, 0.1) is 0 Å². The summed E-state index contributed by atoms with van der Waals surface area (Å²) < 4.78 is 10.9. The fourth-order valence-corrected chi connectivity index (χ4v) is 2.19. The number of para-hydroxylation sites is 1. The molecule has 0 aliphatic heterocycles. The van der Waals surface area contributed by atoms with E-state index in [1.807, 2.05) is 50.2 Å². The SMILES string of the molecule is CCNCc1ccccc1NC(=O)COc1ccc(OCC)cc1.Cl. The largest absolute Gasteiger partial charge is 0.494 e. The molecule has 1 amide bonds. The van der Waals surface area contributed by atoms with Crippen LogP contribution in [-0.4, -0.2) is 25.7 Å². The molecule has 5 nitrogen and oxygen atoms in total. The molecule has 0 heterocycles. The summed E-state index contributed by atoms with van der Waals surface area (Å²) in [5.74, 6) is 1.23. The van der Waals surface area contributed by atoms with E-state index in [4.69, 9.17) is 9.47 Å². The lowest BCUT2D eigenvalue weighted by molar-refractivity contribution is -0.118. The van der Waals surface area contributed by atoms with Gasteiger partial charge in [-0.25, -0.2) is 0 Å². The van der Waals surface area contributed by atoms with E-state index in [9.17, 15) is 4.79 Å². The standard InChI is InChI=1S/C19H24N2O3.ClH/c1-3-20-13-15-7-5-6-8-18(15)21-19(22)14-24-17-11-9-16(10-12-17)23-4-2;/h5-12,20H,3-4,13-14H2,1-2H3,(H,21,22);1H. The van der Waals surface area contributed by atoms with Gasteiger partial charge in [-0.15, -0.1) is 12.4 Å². The van der Waals surface area contributed by atoms with Crippen molar-refractivity contribution in [3.63, 3.8) is 0 Å².